The average Bonchev–Trinajstić information content (AvgIpc) is 2.95. The van der Waals surface area contributed by atoms with Gasteiger partial charge in [0.2, 0.25) is 0 Å². The summed E-state index contributed by atoms with van der Waals surface area (Å²) in [5.41, 5.74) is 9.10. The van der Waals surface area contributed by atoms with Crippen molar-refractivity contribution in [3.05, 3.63) is 16.8 Å². The minimum atomic E-state index is 0.430. The van der Waals surface area contributed by atoms with E-state index in [1.165, 1.54) is 0 Å². The largest absolute Gasteiger partial charge is 0.389 e. The van der Waals surface area contributed by atoms with E-state index in [1.54, 1.807) is 0 Å². The van der Waals surface area contributed by atoms with Gasteiger partial charge >= 0.3 is 0 Å². The third-order valence-electron chi connectivity index (χ3n) is 4.27. The van der Waals surface area contributed by atoms with Crippen LogP contribution in [0, 0.1) is 0 Å². The number of hydrogen-bond acceptors (Lipinski definition) is 5. The maximum absolute atomic E-state index is 6.00. The van der Waals surface area contributed by atoms with E-state index in [0.717, 1.165) is 55.0 Å². The van der Waals surface area contributed by atoms with Crippen molar-refractivity contribution in [1.29, 1.82) is 0 Å². The molecule has 0 bridgehead atoms. The van der Waals surface area contributed by atoms with Crippen LogP contribution in [0.4, 0.5) is 5.82 Å². The van der Waals surface area contributed by atoms with Crippen molar-refractivity contribution in [2.24, 2.45) is 5.73 Å². The molecule has 21 heavy (non-hydrogen) atoms. The van der Waals surface area contributed by atoms with Crippen LogP contribution in [0.15, 0.2) is 0 Å². The number of hydrogen-bond donors (Lipinski definition) is 1. The van der Waals surface area contributed by atoms with Crippen LogP contribution < -0.4 is 10.6 Å². The van der Waals surface area contributed by atoms with Gasteiger partial charge in [0.05, 0.1) is 11.3 Å². The van der Waals surface area contributed by atoms with Crippen LogP contribution in [-0.2, 0) is 12.8 Å². The van der Waals surface area contributed by atoms with Crippen molar-refractivity contribution in [3.8, 4) is 0 Å². The van der Waals surface area contributed by atoms with E-state index in [4.69, 9.17) is 18.0 Å². The number of aromatic nitrogens is 2. The molecule has 1 fully saturated rings. The fraction of sp³-hybridized carbons (Fsp3) is 0.667. The summed E-state index contributed by atoms with van der Waals surface area (Å²) in [6.07, 6.45) is 2.86. The summed E-state index contributed by atoms with van der Waals surface area (Å²) in [5, 5.41) is 8.85. The normalized spacial score (nSPS) is 18.5. The molecule has 6 heteroatoms. The van der Waals surface area contributed by atoms with Gasteiger partial charge in [0.1, 0.15) is 4.99 Å². The number of thiocarbonyl (C=S) groups is 1. The van der Waals surface area contributed by atoms with Crippen molar-refractivity contribution in [3.63, 3.8) is 0 Å². The van der Waals surface area contributed by atoms with Crippen molar-refractivity contribution < 1.29 is 0 Å². The monoisotopic (exact) mass is 307 g/mol. The second kappa shape index (κ2) is 6.66. The second-order valence-electron chi connectivity index (χ2n) is 5.75. The molecule has 2 heterocycles. The van der Waals surface area contributed by atoms with Crippen molar-refractivity contribution >= 4 is 23.0 Å². The zero-order valence-electron chi connectivity index (χ0n) is 13.4. The van der Waals surface area contributed by atoms with Crippen molar-refractivity contribution in [2.45, 2.75) is 39.2 Å². The Hall–Kier alpha value is -1.27. The van der Waals surface area contributed by atoms with Gasteiger partial charge in [0.25, 0.3) is 0 Å². The Bertz CT molecular complexity index is 529. The SMILES string of the molecule is CCc1nnc(N2CCC(N(C)C)C2)c(C(N)=S)c1CC. The summed E-state index contributed by atoms with van der Waals surface area (Å²) in [6.45, 7) is 6.13. The first kappa shape index (κ1) is 16.1. The van der Waals surface area contributed by atoms with E-state index < -0.39 is 0 Å². The molecule has 0 aliphatic carbocycles. The Kier molecular flexibility index (Phi) is 5.11. The van der Waals surface area contributed by atoms with E-state index in [9.17, 15) is 0 Å². The van der Waals surface area contributed by atoms with E-state index in [2.05, 4.69) is 47.9 Å². The van der Waals surface area contributed by atoms with Gasteiger partial charge in [-0.25, -0.2) is 0 Å². The molecule has 0 radical (unpaired) electrons. The highest BCUT2D eigenvalue weighted by Crippen LogP contribution is 2.27. The summed E-state index contributed by atoms with van der Waals surface area (Å²) >= 11 is 5.30. The average molecular weight is 307 g/mol. The molecular formula is C15H25N5S. The Morgan fingerprint density at radius 1 is 1.33 bits per heavy atom. The number of likely N-dealkylation sites (N-methyl/N-ethyl adjacent to an activating group) is 1. The van der Waals surface area contributed by atoms with E-state index in [0.29, 0.717) is 11.0 Å². The first-order chi connectivity index (χ1) is 9.99. The maximum atomic E-state index is 6.00. The molecule has 1 saturated heterocycles. The summed E-state index contributed by atoms with van der Waals surface area (Å²) < 4.78 is 0. The first-order valence-electron chi connectivity index (χ1n) is 7.59. The maximum Gasteiger partial charge on any atom is 0.161 e. The minimum Gasteiger partial charge on any atom is -0.389 e. The van der Waals surface area contributed by atoms with E-state index in [-0.39, 0.29) is 0 Å². The molecule has 0 amide bonds. The number of aryl methyl sites for hydroxylation is 1. The molecule has 1 aliphatic heterocycles. The molecule has 1 aliphatic rings. The van der Waals surface area contributed by atoms with Crippen LogP contribution in [0.2, 0.25) is 0 Å². The smallest absolute Gasteiger partial charge is 0.161 e. The molecule has 116 valence electrons. The fourth-order valence-corrected chi connectivity index (χ4v) is 3.21. The van der Waals surface area contributed by atoms with Gasteiger partial charge in [-0.2, -0.15) is 5.10 Å². The van der Waals surface area contributed by atoms with Crippen LogP contribution in [0.3, 0.4) is 0 Å². The lowest BCUT2D eigenvalue weighted by atomic mass is 10.0. The second-order valence-corrected chi connectivity index (χ2v) is 6.19. The Morgan fingerprint density at radius 3 is 2.52 bits per heavy atom. The van der Waals surface area contributed by atoms with Crippen molar-refractivity contribution in [1.82, 2.24) is 15.1 Å². The summed E-state index contributed by atoms with van der Waals surface area (Å²) in [5.74, 6) is 0.862. The van der Waals surface area contributed by atoms with Crippen LogP contribution >= 0.6 is 12.2 Å². The lowest BCUT2D eigenvalue weighted by Gasteiger charge is -2.24. The molecule has 0 saturated carbocycles. The Morgan fingerprint density at radius 2 is 2.05 bits per heavy atom. The molecule has 1 unspecified atom stereocenters. The van der Waals surface area contributed by atoms with Crippen LogP contribution in [0.25, 0.3) is 0 Å². The fourth-order valence-electron chi connectivity index (χ4n) is 3.00. The van der Waals surface area contributed by atoms with Gasteiger partial charge in [0, 0.05) is 19.1 Å². The molecular weight excluding hydrogens is 282 g/mol. The number of nitrogens with zero attached hydrogens (tertiary/aromatic N) is 4. The van der Waals surface area contributed by atoms with Gasteiger partial charge < -0.3 is 15.5 Å². The third-order valence-corrected chi connectivity index (χ3v) is 4.47. The highest BCUT2D eigenvalue weighted by Gasteiger charge is 2.28. The number of anilines is 1. The van der Waals surface area contributed by atoms with Gasteiger partial charge in [0.15, 0.2) is 5.82 Å². The minimum absolute atomic E-state index is 0.430. The third kappa shape index (κ3) is 3.16. The lowest BCUT2D eigenvalue weighted by Crippen LogP contribution is -2.33. The first-order valence-corrected chi connectivity index (χ1v) is 7.99. The van der Waals surface area contributed by atoms with Crippen LogP contribution in [0.5, 0.6) is 0 Å². The van der Waals surface area contributed by atoms with Gasteiger partial charge in [-0.15, -0.1) is 5.10 Å². The standard InChI is InChI=1S/C15H25N5S/c1-5-11-12(6-2)17-18-15(13(11)14(16)21)20-8-7-10(9-20)19(3)4/h10H,5-9H2,1-4H3,(H2,16,21). The van der Waals surface area contributed by atoms with Crippen LogP contribution in [-0.4, -0.2) is 53.3 Å². The van der Waals surface area contributed by atoms with Gasteiger partial charge in [-0.1, -0.05) is 26.1 Å². The lowest BCUT2D eigenvalue weighted by molar-refractivity contribution is 0.315. The molecule has 2 N–H and O–H groups in total. The quantitative estimate of drug-likeness (QED) is 0.829. The highest BCUT2D eigenvalue weighted by molar-refractivity contribution is 7.80. The predicted molar refractivity (Wildman–Crippen MR) is 91.0 cm³/mol. The topological polar surface area (TPSA) is 58.3 Å². The molecule has 0 spiro atoms. The van der Waals surface area contributed by atoms with Gasteiger partial charge in [-0.05, 0) is 38.9 Å². The summed E-state index contributed by atoms with van der Waals surface area (Å²) in [7, 11) is 4.23. The van der Waals surface area contributed by atoms with E-state index >= 15 is 0 Å². The number of rotatable bonds is 5. The number of nitrogens with two attached hydrogens (primary N) is 1. The van der Waals surface area contributed by atoms with Crippen molar-refractivity contribution in [2.75, 3.05) is 32.1 Å². The summed E-state index contributed by atoms with van der Waals surface area (Å²) in [4.78, 5) is 4.96. The molecule has 1 aromatic heterocycles. The predicted octanol–water partition coefficient (Wildman–Crippen LogP) is 1.38. The summed E-state index contributed by atoms with van der Waals surface area (Å²) in [6, 6.07) is 0.543. The van der Waals surface area contributed by atoms with Gasteiger partial charge in [-0.3, -0.25) is 0 Å². The molecule has 2 rings (SSSR count). The Balaban J connectivity index is 2.42. The zero-order valence-corrected chi connectivity index (χ0v) is 14.2. The highest BCUT2D eigenvalue weighted by atomic mass is 32.1. The molecule has 0 aromatic carbocycles. The Labute approximate surface area is 132 Å². The van der Waals surface area contributed by atoms with Crippen LogP contribution in [0.1, 0.15) is 37.1 Å². The molecule has 1 aromatic rings. The zero-order chi connectivity index (χ0) is 15.6. The molecule has 5 nitrogen and oxygen atoms in total. The van der Waals surface area contributed by atoms with E-state index in [1.807, 2.05) is 0 Å². The molecule has 1 atom stereocenters.